The van der Waals surface area contributed by atoms with Crippen molar-refractivity contribution in [3.63, 3.8) is 0 Å². The number of nitrogens with one attached hydrogen (secondary N) is 2. The molecule has 1 saturated carbocycles. The SMILES string of the molecule is CCNC(=NCc1nc(C)c(C)o1)NCC1(C)CCCC1. The molecule has 0 amide bonds. The molecule has 1 aliphatic rings. The molecule has 0 unspecified atom stereocenters. The molecule has 5 heteroatoms. The number of nitrogens with zero attached hydrogens (tertiary/aromatic N) is 2. The largest absolute Gasteiger partial charge is 0.444 e. The summed E-state index contributed by atoms with van der Waals surface area (Å²) >= 11 is 0. The highest BCUT2D eigenvalue weighted by atomic mass is 16.4. The molecule has 1 aromatic heterocycles. The van der Waals surface area contributed by atoms with E-state index >= 15 is 0 Å². The van der Waals surface area contributed by atoms with Crippen LogP contribution in [0.15, 0.2) is 9.41 Å². The van der Waals surface area contributed by atoms with Gasteiger partial charge >= 0.3 is 0 Å². The zero-order chi connectivity index (χ0) is 15.3. The van der Waals surface area contributed by atoms with E-state index in [-0.39, 0.29) is 0 Å². The van der Waals surface area contributed by atoms with Crippen molar-refractivity contribution in [2.45, 2.75) is 59.9 Å². The van der Waals surface area contributed by atoms with Crippen LogP contribution in [0.4, 0.5) is 0 Å². The van der Waals surface area contributed by atoms with E-state index in [0.29, 0.717) is 17.9 Å². The molecule has 0 bridgehead atoms. The number of aromatic nitrogens is 1. The lowest BCUT2D eigenvalue weighted by Crippen LogP contribution is -2.42. The van der Waals surface area contributed by atoms with E-state index in [1.54, 1.807) is 0 Å². The molecule has 1 fully saturated rings. The first kappa shape index (κ1) is 15.9. The van der Waals surface area contributed by atoms with Gasteiger partial charge in [-0.15, -0.1) is 0 Å². The van der Waals surface area contributed by atoms with E-state index < -0.39 is 0 Å². The Balaban J connectivity index is 1.92. The number of guanidine groups is 1. The number of hydrogen-bond donors (Lipinski definition) is 2. The topological polar surface area (TPSA) is 62.5 Å². The Bertz CT molecular complexity index is 467. The molecule has 0 spiro atoms. The molecule has 1 aliphatic carbocycles. The van der Waals surface area contributed by atoms with Gasteiger partial charge in [0.2, 0.25) is 5.89 Å². The highest BCUT2D eigenvalue weighted by Crippen LogP contribution is 2.36. The Morgan fingerprint density at radius 1 is 1.29 bits per heavy atom. The second kappa shape index (κ2) is 6.96. The lowest BCUT2D eigenvalue weighted by molar-refractivity contribution is 0.334. The molecule has 2 N–H and O–H groups in total. The maximum absolute atomic E-state index is 5.57. The van der Waals surface area contributed by atoms with Crippen molar-refractivity contribution in [3.05, 3.63) is 17.3 Å². The van der Waals surface area contributed by atoms with Gasteiger partial charge in [0.15, 0.2) is 5.96 Å². The normalized spacial score (nSPS) is 18.0. The molecule has 0 saturated heterocycles. The zero-order valence-electron chi connectivity index (χ0n) is 13.8. The molecule has 0 aromatic carbocycles. The van der Waals surface area contributed by atoms with Crippen LogP contribution in [0.2, 0.25) is 0 Å². The predicted octanol–water partition coefficient (Wildman–Crippen LogP) is 2.93. The highest BCUT2D eigenvalue weighted by Gasteiger charge is 2.28. The first-order chi connectivity index (χ1) is 10.0. The van der Waals surface area contributed by atoms with Gasteiger partial charge in [0, 0.05) is 13.1 Å². The molecule has 2 rings (SSSR count). The summed E-state index contributed by atoms with van der Waals surface area (Å²) in [5, 5.41) is 6.75. The number of hydrogen-bond acceptors (Lipinski definition) is 3. The van der Waals surface area contributed by atoms with E-state index in [1.807, 2.05) is 13.8 Å². The lowest BCUT2D eigenvalue weighted by Gasteiger charge is -2.25. The van der Waals surface area contributed by atoms with Gasteiger partial charge < -0.3 is 15.1 Å². The van der Waals surface area contributed by atoms with Gasteiger partial charge in [-0.2, -0.15) is 0 Å². The predicted molar refractivity (Wildman–Crippen MR) is 85.4 cm³/mol. The van der Waals surface area contributed by atoms with Gasteiger partial charge in [-0.1, -0.05) is 19.8 Å². The van der Waals surface area contributed by atoms with Crippen molar-refractivity contribution < 1.29 is 4.42 Å². The molecular weight excluding hydrogens is 264 g/mol. The minimum atomic E-state index is 0.409. The van der Waals surface area contributed by atoms with E-state index in [9.17, 15) is 0 Å². The van der Waals surface area contributed by atoms with Gasteiger partial charge in [-0.05, 0) is 39.0 Å². The fraction of sp³-hybridized carbons (Fsp3) is 0.750. The van der Waals surface area contributed by atoms with Crippen molar-refractivity contribution >= 4 is 5.96 Å². The van der Waals surface area contributed by atoms with Gasteiger partial charge in [-0.3, -0.25) is 0 Å². The summed E-state index contributed by atoms with van der Waals surface area (Å²) in [5.41, 5.74) is 1.35. The summed E-state index contributed by atoms with van der Waals surface area (Å²) in [6.45, 7) is 10.6. The molecule has 1 heterocycles. The van der Waals surface area contributed by atoms with E-state index in [2.05, 4.69) is 34.5 Å². The smallest absolute Gasteiger partial charge is 0.216 e. The Morgan fingerprint density at radius 2 is 2.00 bits per heavy atom. The van der Waals surface area contributed by atoms with Gasteiger partial charge in [0.05, 0.1) is 5.69 Å². The number of rotatable bonds is 5. The Kier molecular flexibility index (Phi) is 5.26. The van der Waals surface area contributed by atoms with Gasteiger partial charge in [0.25, 0.3) is 0 Å². The van der Waals surface area contributed by atoms with Crippen LogP contribution in [-0.2, 0) is 6.54 Å². The third kappa shape index (κ3) is 4.48. The zero-order valence-corrected chi connectivity index (χ0v) is 13.8. The molecule has 0 atom stereocenters. The molecule has 21 heavy (non-hydrogen) atoms. The number of oxazole rings is 1. The lowest BCUT2D eigenvalue weighted by atomic mass is 9.89. The second-order valence-electron chi connectivity index (χ2n) is 6.32. The van der Waals surface area contributed by atoms with Crippen molar-refractivity contribution in [1.82, 2.24) is 15.6 Å². The van der Waals surface area contributed by atoms with Crippen LogP contribution in [0, 0.1) is 19.3 Å². The standard InChI is InChI=1S/C16H28N4O/c1-5-17-15(19-11-16(4)8-6-7-9-16)18-10-14-20-12(2)13(3)21-14/h5-11H2,1-4H3,(H2,17,18,19). The maximum Gasteiger partial charge on any atom is 0.216 e. The fourth-order valence-corrected chi connectivity index (χ4v) is 2.80. The van der Waals surface area contributed by atoms with Crippen molar-refractivity contribution in [1.29, 1.82) is 0 Å². The molecule has 5 nitrogen and oxygen atoms in total. The Hall–Kier alpha value is -1.52. The first-order valence-corrected chi connectivity index (χ1v) is 7.97. The average Bonchev–Trinajstić information content (AvgIpc) is 3.01. The van der Waals surface area contributed by atoms with Crippen LogP contribution in [0.1, 0.15) is 56.9 Å². The summed E-state index contributed by atoms with van der Waals surface area (Å²) < 4.78 is 5.57. The number of aryl methyl sites for hydroxylation is 2. The van der Waals surface area contributed by atoms with Crippen LogP contribution in [-0.4, -0.2) is 24.0 Å². The van der Waals surface area contributed by atoms with E-state index in [0.717, 1.165) is 30.5 Å². The van der Waals surface area contributed by atoms with Crippen LogP contribution < -0.4 is 10.6 Å². The third-order valence-electron chi connectivity index (χ3n) is 4.28. The summed E-state index contributed by atoms with van der Waals surface area (Å²) in [7, 11) is 0. The van der Waals surface area contributed by atoms with Crippen LogP contribution in [0.5, 0.6) is 0 Å². The summed E-state index contributed by atoms with van der Waals surface area (Å²) in [4.78, 5) is 8.93. The first-order valence-electron chi connectivity index (χ1n) is 7.97. The van der Waals surface area contributed by atoms with Crippen LogP contribution >= 0.6 is 0 Å². The van der Waals surface area contributed by atoms with E-state index in [1.165, 1.54) is 25.7 Å². The second-order valence-corrected chi connectivity index (χ2v) is 6.32. The quantitative estimate of drug-likeness (QED) is 0.647. The van der Waals surface area contributed by atoms with Gasteiger partial charge in [-0.25, -0.2) is 9.98 Å². The summed E-state index contributed by atoms with van der Waals surface area (Å²) in [5.74, 6) is 2.39. The molecule has 1 aromatic rings. The molecular formula is C16H28N4O. The Morgan fingerprint density at radius 3 is 2.57 bits per heavy atom. The highest BCUT2D eigenvalue weighted by molar-refractivity contribution is 5.79. The number of aliphatic imine (C=N–C) groups is 1. The summed E-state index contributed by atoms with van der Waals surface area (Å²) in [6, 6.07) is 0. The van der Waals surface area contributed by atoms with Crippen LogP contribution in [0.3, 0.4) is 0 Å². The average molecular weight is 292 g/mol. The molecule has 118 valence electrons. The minimum Gasteiger partial charge on any atom is -0.444 e. The van der Waals surface area contributed by atoms with Crippen molar-refractivity contribution in [2.75, 3.05) is 13.1 Å². The van der Waals surface area contributed by atoms with Crippen molar-refractivity contribution in [3.8, 4) is 0 Å². The third-order valence-corrected chi connectivity index (χ3v) is 4.28. The maximum atomic E-state index is 5.57. The fourth-order valence-electron chi connectivity index (χ4n) is 2.80. The monoisotopic (exact) mass is 292 g/mol. The molecule has 0 radical (unpaired) electrons. The van der Waals surface area contributed by atoms with Gasteiger partial charge in [0.1, 0.15) is 12.3 Å². The van der Waals surface area contributed by atoms with Crippen molar-refractivity contribution in [2.24, 2.45) is 10.4 Å². The molecule has 0 aliphatic heterocycles. The van der Waals surface area contributed by atoms with E-state index in [4.69, 9.17) is 4.42 Å². The minimum absolute atomic E-state index is 0.409. The Labute approximate surface area is 127 Å². The van der Waals surface area contributed by atoms with Crippen LogP contribution in [0.25, 0.3) is 0 Å². The summed E-state index contributed by atoms with van der Waals surface area (Å²) in [6.07, 6.45) is 5.30.